The zero-order valence-corrected chi connectivity index (χ0v) is 38.2. The monoisotopic (exact) mass is 909 g/mol. The minimum absolute atomic E-state index is 0.00686. The third-order valence-corrected chi connectivity index (χ3v) is 12.5. The SMILES string of the molecule is C=C[C@@H]1C[C@]1(N)C(=O)OC(=O)[C@@H]1C[C@@H](Oc2cc(-c3ccccc3)nc3cc(OC)ccc23)CN1C(=O)[C@H](CNC(=O)OCC1c2ccccc2-c2ccccc21)N(CC)C(=O)OC(C)(C)C. The van der Waals surface area contributed by atoms with Crippen LogP contribution in [0.15, 0.2) is 116 Å². The fourth-order valence-corrected chi connectivity index (χ4v) is 8.92. The van der Waals surface area contributed by atoms with Gasteiger partial charge >= 0.3 is 24.1 Å². The molecule has 0 spiro atoms. The molecule has 67 heavy (non-hydrogen) atoms. The van der Waals surface area contributed by atoms with Crippen molar-refractivity contribution in [3.8, 4) is 33.9 Å². The minimum atomic E-state index is -1.43. The molecule has 2 fully saturated rings. The number of likely N-dealkylation sites (tertiary alicyclic amines) is 1. The van der Waals surface area contributed by atoms with Gasteiger partial charge in [0.15, 0.2) is 0 Å². The molecule has 3 amide bonds. The molecule has 348 valence electrons. The van der Waals surface area contributed by atoms with Gasteiger partial charge in [0.2, 0.25) is 5.91 Å². The molecule has 5 atom stereocenters. The van der Waals surface area contributed by atoms with Gasteiger partial charge in [-0.05, 0) is 68.5 Å². The number of hydrogen-bond donors (Lipinski definition) is 2. The summed E-state index contributed by atoms with van der Waals surface area (Å²) in [6, 6.07) is 29.8. The number of fused-ring (bicyclic) bond motifs is 4. The van der Waals surface area contributed by atoms with Crippen LogP contribution < -0.4 is 20.5 Å². The van der Waals surface area contributed by atoms with Gasteiger partial charge in [0.05, 0.1) is 31.4 Å². The van der Waals surface area contributed by atoms with Crippen LogP contribution in [0.25, 0.3) is 33.3 Å². The predicted octanol–water partition coefficient (Wildman–Crippen LogP) is 7.40. The number of amides is 3. The standard InChI is InChI=1S/C52H55N5O10/c1-7-32-27-52(32,53)48(60)66-47(59)43-25-34(65-45-26-41(31-16-10-9-11-17-31)55-42-24-33(63-6)22-23-39(42)45)29-57(43)46(58)44(56(8-2)50(62)67-51(3,4)5)28-54-49(61)64-30-40-37-20-14-12-18-35(37)36-19-13-15-21-38(36)40/h7,9-24,26,32,34,40,43-44H,1,8,25,27-30,53H2,2-6H3,(H,54,61)/t32-,34-,43+,44+,52-/m1/s1. The van der Waals surface area contributed by atoms with E-state index in [1.54, 1.807) is 53.0 Å². The highest BCUT2D eigenvalue weighted by atomic mass is 16.6. The van der Waals surface area contributed by atoms with Gasteiger partial charge in [0, 0.05) is 47.9 Å². The number of hydrogen-bond acceptors (Lipinski definition) is 12. The molecular formula is C52H55N5O10. The lowest BCUT2D eigenvalue weighted by Crippen LogP contribution is -2.58. The third-order valence-electron chi connectivity index (χ3n) is 12.5. The van der Waals surface area contributed by atoms with E-state index >= 15 is 4.79 Å². The maximum absolute atomic E-state index is 15.2. The van der Waals surface area contributed by atoms with Gasteiger partial charge in [-0.3, -0.25) is 9.69 Å². The lowest BCUT2D eigenvalue weighted by molar-refractivity contribution is -0.166. The number of alkyl carbamates (subject to hydrolysis) is 1. The quantitative estimate of drug-likeness (QED) is 0.0487. The van der Waals surface area contributed by atoms with E-state index < -0.39 is 65.9 Å². The van der Waals surface area contributed by atoms with E-state index in [0.717, 1.165) is 27.8 Å². The summed E-state index contributed by atoms with van der Waals surface area (Å²) < 4.78 is 29.2. The Morgan fingerprint density at radius 3 is 2.25 bits per heavy atom. The average Bonchev–Trinajstić information content (AvgIpc) is 3.66. The smallest absolute Gasteiger partial charge is 0.411 e. The topological polar surface area (TPSA) is 189 Å². The van der Waals surface area contributed by atoms with Gasteiger partial charge < -0.3 is 39.6 Å². The molecule has 1 saturated carbocycles. The highest BCUT2D eigenvalue weighted by Crippen LogP contribution is 2.45. The zero-order chi connectivity index (χ0) is 47.6. The molecule has 1 saturated heterocycles. The largest absolute Gasteiger partial charge is 0.497 e. The Morgan fingerprint density at radius 2 is 1.63 bits per heavy atom. The maximum Gasteiger partial charge on any atom is 0.411 e. The summed E-state index contributed by atoms with van der Waals surface area (Å²) in [6.07, 6.45) is -0.820. The van der Waals surface area contributed by atoms with E-state index in [9.17, 15) is 19.2 Å². The number of nitrogens with zero attached hydrogens (tertiary/aromatic N) is 3. The lowest BCUT2D eigenvalue weighted by Gasteiger charge is -2.35. The van der Waals surface area contributed by atoms with Crippen LogP contribution in [0, 0.1) is 5.92 Å². The van der Waals surface area contributed by atoms with Crippen LogP contribution in [0.1, 0.15) is 57.6 Å². The molecule has 3 aliphatic rings. The van der Waals surface area contributed by atoms with E-state index in [-0.39, 0.29) is 44.4 Å². The van der Waals surface area contributed by atoms with Crippen LogP contribution in [0.3, 0.4) is 0 Å². The van der Waals surface area contributed by atoms with Gasteiger partial charge in [-0.15, -0.1) is 6.58 Å². The minimum Gasteiger partial charge on any atom is -0.497 e. The van der Waals surface area contributed by atoms with Crippen molar-refractivity contribution in [2.75, 3.05) is 33.4 Å². The van der Waals surface area contributed by atoms with Gasteiger partial charge in [-0.25, -0.2) is 24.2 Å². The number of nitrogens with one attached hydrogen (secondary N) is 1. The third kappa shape index (κ3) is 9.68. The van der Waals surface area contributed by atoms with Crippen LogP contribution in [-0.4, -0.2) is 107 Å². The summed E-state index contributed by atoms with van der Waals surface area (Å²) in [5, 5.41) is 3.35. The number of aromatic nitrogens is 1. The van der Waals surface area contributed by atoms with Gasteiger partial charge in [-0.2, -0.15) is 0 Å². The number of carbonyl (C=O) groups excluding carboxylic acids is 5. The summed E-state index contributed by atoms with van der Waals surface area (Å²) in [5.41, 5.74) is 10.1. The molecule has 0 bridgehead atoms. The molecule has 15 heteroatoms. The molecule has 3 N–H and O–H groups in total. The zero-order valence-electron chi connectivity index (χ0n) is 38.2. The van der Waals surface area contributed by atoms with Gasteiger partial charge in [0.1, 0.15) is 47.4 Å². The summed E-state index contributed by atoms with van der Waals surface area (Å²) in [4.78, 5) is 77.5. The van der Waals surface area contributed by atoms with Gasteiger partial charge in [-0.1, -0.05) is 84.9 Å². The second-order valence-corrected chi connectivity index (χ2v) is 18.0. The normalized spacial score (nSPS) is 19.9. The van der Waals surface area contributed by atoms with Crippen molar-refractivity contribution in [2.24, 2.45) is 11.7 Å². The Balaban J connectivity index is 1.08. The summed E-state index contributed by atoms with van der Waals surface area (Å²) in [6.45, 7) is 9.86. The first-order valence-corrected chi connectivity index (χ1v) is 22.4. The predicted molar refractivity (Wildman–Crippen MR) is 250 cm³/mol. The second-order valence-electron chi connectivity index (χ2n) is 18.0. The van der Waals surface area contributed by atoms with Crippen LogP contribution in [0.5, 0.6) is 11.5 Å². The van der Waals surface area contributed by atoms with Crippen molar-refractivity contribution in [3.63, 3.8) is 0 Å². The summed E-state index contributed by atoms with van der Waals surface area (Å²) in [7, 11) is 1.56. The van der Waals surface area contributed by atoms with E-state index in [4.69, 9.17) is 34.4 Å². The number of methoxy groups -OCH3 is 1. The second kappa shape index (κ2) is 18.9. The van der Waals surface area contributed by atoms with Crippen molar-refractivity contribution in [1.82, 2.24) is 20.1 Å². The summed E-state index contributed by atoms with van der Waals surface area (Å²) >= 11 is 0. The Morgan fingerprint density at radius 1 is 0.955 bits per heavy atom. The molecular weight excluding hydrogens is 855 g/mol. The Bertz CT molecular complexity index is 2680. The van der Waals surface area contributed by atoms with Crippen molar-refractivity contribution in [1.29, 1.82) is 0 Å². The van der Waals surface area contributed by atoms with E-state index in [0.29, 0.717) is 28.1 Å². The van der Waals surface area contributed by atoms with E-state index in [1.807, 2.05) is 84.9 Å². The molecule has 4 aromatic carbocycles. The number of rotatable bonds is 14. The lowest BCUT2D eigenvalue weighted by atomic mass is 9.98. The van der Waals surface area contributed by atoms with Crippen molar-refractivity contribution >= 4 is 40.9 Å². The number of likely N-dealkylation sites (N-methyl/N-ethyl adjacent to an activating group) is 1. The first-order chi connectivity index (χ1) is 32.1. The number of nitrogens with two attached hydrogens (primary N) is 1. The van der Waals surface area contributed by atoms with Crippen molar-refractivity contribution < 1.29 is 47.7 Å². The Labute approximate surface area is 389 Å². The molecule has 8 rings (SSSR count). The first kappa shape index (κ1) is 46.3. The Hall–Kier alpha value is -7.26. The fraction of sp³-hybridized carbons (Fsp3) is 0.346. The fourth-order valence-electron chi connectivity index (χ4n) is 8.92. The first-order valence-electron chi connectivity index (χ1n) is 22.4. The highest BCUT2D eigenvalue weighted by molar-refractivity contribution is 5.98. The molecule has 2 aliphatic carbocycles. The summed E-state index contributed by atoms with van der Waals surface area (Å²) in [5.74, 6) is -2.33. The molecule has 1 aliphatic heterocycles. The van der Waals surface area contributed by atoms with Crippen LogP contribution in [0.4, 0.5) is 9.59 Å². The number of pyridine rings is 1. The van der Waals surface area contributed by atoms with Crippen molar-refractivity contribution in [2.45, 2.75) is 75.8 Å². The Kier molecular flexibility index (Phi) is 13.1. The van der Waals surface area contributed by atoms with Gasteiger partial charge in [0.25, 0.3) is 0 Å². The molecule has 0 unspecified atom stereocenters. The van der Waals surface area contributed by atoms with E-state index in [2.05, 4.69) is 11.9 Å². The maximum atomic E-state index is 15.2. The molecule has 1 aromatic heterocycles. The molecule has 0 radical (unpaired) electrons. The van der Waals surface area contributed by atoms with Crippen molar-refractivity contribution in [3.05, 3.63) is 127 Å². The van der Waals surface area contributed by atoms with E-state index in [1.165, 1.54) is 15.9 Å². The molecule has 2 heterocycles. The number of esters is 2. The number of ether oxygens (including phenoxy) is 5. The van der Waals surface area contributed by atoms with Crippen LogP contribution in [-0.2, 0) is 28.6 Å². The molecule has 15 nitrogen and oxygen atoms in total. The average molecular weight is 910 g/mol. The number of benzene rings is 4. The van der Waals surface area contributed by atoms with Crippen LogP contribution in [0.2, 0.25) is 0 Å². The highest BCUT2D eigenvalue weighted by Gasteiger charge is 2.58. The number of carbonyl (C=O) groups is 5. The van der Waals surface area contributed by atoms with Crippen LogP contribution >= 0.6 is 0 Å². The molecule has 5 aromatic rings.